The highest BCUT2D eigenvalue weighted by Crippen LogP contribution is 2.23. The highest BCUT2D eigenvalue weighted by atomic mass is 32.2. The fourth-order valence-corrected chi connectivity index (χ4v) is 5.31. The minimum Gasteiger partial charge on any atom is -0.346 e. The number of fused-ring (bicyclic) bond motifs is 1. The van der Waals surface area contributed by atoms with E-state index in [0.29, 0.717) is 17.4 Å². The topological polar surface area (TPSA) is 42.3 Å². The minimum atomic E-state index is -3.24. The lowest BCUT2D eigenvalue weighted by Crippen LogP contribution is -2.28. The smallest absolute Gasteiger partial charge is 0.178 e. The van der Waals surface area contributed by atoms with Gasteiger partial charge in [-0.3, -0.25) is 0 Å². The van der Waals surface area contributed by atoms with E-state index in [4.69, 9.17) is 0 Å². The Morgan fingerprint density at radius 3 is 2.63 bits per heavy atom. The van der Waals surface area contributed by atoms with Crippen LogP contribution in [-0.4, -0.2) is 43.3 Å². The Balaban J connectivity index is 1.48. The Bertz CT molecular complexity index is 1020. The van der Waals surface area contributed by atoms with Crippen molar-refractivity contribution in [2.75, 3.05) is 19.3 Å². The number of nitrogens with zero attached hydrogens (tertiary/aromatic N) is 2. The molecule has 0 N–H and O–H groups in total. The maximum absolute atomic E-state index is 12.5. The number of likely N-dealkylation sites (N-methyl/N-ethyl adjacent to an activating group) is 1. The van der Waals surface area contributed by atoms with Crippen molar-refractivity contribution in [3.05, 3.63) is 66.4 Å². The maximum Gasteiger partial charge on any atom is 0.178 e. The van der Waals surface area contributed by atoms with Gasteiger partial charge in [0.15, 0.2) is 9.84 Å². The van der Waals surface area contributed by atoms with Crippen molar-refractivity contribution >= 4 is 20.7 Å². The zero-order valence-electron chi connectivity index (χ0n) is 15.7. The van der Waals surface area contributed by atoms with E-state index in [0.717, 1.165) is 12.1 Å². The maximum atomic E-state index is 12.5. The second kappa shape index (κ2) is 7.49. The Labute approximate surface area is 161 Å². The van der Waals surface area contributed by atoms with E-state index in [1.54, 1.807) is 24.3 Å². The molecule has 0 bridgehead atoms. The van der Waals surface area contributed by atoms with Crippen molar-refractivity contribution in [3.8, 4) is 0 Å². The average Bonchev–Trinajstić information content (AvgIpc) is 3.27. The molecule has 2 heterocycles. The summed E-state index contributed by atoms with van der Waals surface area (Å²) in [5.41, 5.74) is 2.29. The molecular formula is C22H26N2O2S. The number of hydrogen-bond acceptors (Lipinski definition) is 3. The highest BCUT2D eigenvalue weighted by molar-refractivity contribution is 7.91. The molecule has 4 nitrogen and oxygen atoms in total. The summed E-state index contributed by atoms with van der Waals surface area (Å²) < 4.78 is 27.3. The molecule has 1 aliphatic rings. The first-order valence-electron chi connectivity index (χ1n) is 9.59. The van der Waals surface area contributed by atoms with E-state index in [-0.39, 0.29) is 5.75 Å². The molecule has 0 radical (unpaired) electrons. The summed E-state index contributed by atoms with van der Waals surface area (Å²) in [5, 5.41) is 1.19. The second-order valence-electron chi connectivity index (χ2n) is 7.52. The van der Waals surface area contributed by atoms with Crippen LogP contribution in [0.15, 0.2) is 65.7 Å². The molecule has 5 heteroatoms. The molecule has 0 spiro atoms. The molecule has 1 aromatic heterocycles. The lowest BCUT2D eigenvalue weighted by molar-refractivity contribution is 0.284. The fraction of sp³-hybridized carbons (Fsp3) is 0.364. The summed E-state index contributed by atoms with van der Waals surface area (Å²) >= 11 is 0. The van der Waals surface area contributed by atoms with Crippen molar-refractivity contribution in [3.63, 3.8) is 0 Å². The lowest BCUT2D eigenvalue weighted by Gasteiger charge is -2.20. The van der Waals surface area contributed by atoms with Crippen LogP contribution in [0.3, 0.4) is 0 Å². The van der Waals surface area contributed by atoms with Crippen LogP contribution in [0.5, 0.6) is 0 Å². The van der Waals surface area contributed by atoms with Crippen molar-refractivity contribution in [2.24, 2.45) is 0 Å². The predicted octanol–water partition coefficient (Wildman–Crippen LogP) is 3.75. The number of benzene rings is 2. The fourth-order valence-electron chi connectivity index (χ4n) is 4.00. The molecule has 3 aromatic rings. The highest BCUT2D eigenvalue weighted by Gasteiger charge is 2.21. The zero-order chi connectivity index (χ0) is 18.9. The largest absolute Gasteiger partial charge is 0.346 e. The Morgan fingerprint density at radius 1 is 1.07 bits per heavy atom. The van der Waals surface area contributed by atoms with Crippen LogP contribution >= 0.6 is 0 Å². The molecule has 142 valence electrons. The van der Waals surface area contributed by atoms with E-state index < -0.39 is 9.84 Å². The number of aromatic nitrogens is 1. The van der Waals surface area contributed by atoms with Gasteiger partial charge in [-0.2, -0.15) is 0 Å². The molecule has 1 fully saturated rings. The van der Waals surface area contributed by atoms with Gasteiger partial charge >= 0.3 is 0 Å². The third-order valence-corrected chi connectivity index (χ3v) is 7.41. The van der Waals surface area contributed by atoms with Gasteiger partial charge in [0.2, 0.25) is 0 Å². The van der Waals surface area contributed by atoms with Crippen LogP contribution in [0, 0.1) is 0 Å². The van der Waals surface area contributed by atoms with Gasteiger partial charge in [0.05, 0.1) is 10.6 Å². The van der Waals surface area contributed by atoms with Crippen LogP contribution in [0.1, 0.15) is 18.4 Å². The summed E-state index contributed by atoms with van der Waals surface area (Å²) in [7, 11) is -1.04. The van der Waals surface area contributed by atoms with Gasteiger partial charge in [-0.15, -0.1) is 0 Å². The zero-order valence-corrected chi connectivity index (χ0v) is 16.5. The van der Waals surface area contributed by atoms with Gasteiger partial charge in [0, 0.05) is 24.3 Å². The quantitative estimate of drug-likeness (QED) is 0.652. The van der Waals surface area contributed by atoms with E-state index in [2.05, 4.69) is 47.0 Å². The van der Waals surface area contributed by atoms with Gasteiger partial charge < -0.3 is 9.47 Å². The Kier molecular flexibility index (Phi) is 5.06. The molecular weight excluding hydrogens is 356 g/mol. The normalized spacial score (nSPS) is 18.3. The standard InChI is InChI=1S/C22H26N2O2S/c1-23-13-5-6-20(23)17-24-14-11-19-16-18(9-10-22(19)24)12-15-27(25,26)21-7-3-2-4-8-21/h2-4,7-11,14,16,20H,5-6,12-13,15,17H2,1H3/t20-/m1/s1. The number of rotatable bonds is 6. The molecule has 1 aliphatic heterocycles. The van der Waals surface area contributed by atoms with Crippen molar-refractivity contribution in [1.29, 1.82) is 0 Å². The van der Waals surface area contributed by atoms with E-state index in [1.807, 2.05) is 6.07 Å². The first-order valence-corrected chi connectivity index (χ1v) is 11.2. The molecule has 0 aliphatic carbocycles. The number of likely N-dealkylation sites (tertiary alicyclic amines) is 1. The average molecular weight is 383 g/mol. The summed E-state index contributed by atoms with van der Waals surface area (Å²) in [6, 6.07) is 17.8. The van der Waals surface area contributed by atoms with E-state index in [9.17, 15) is 8.42 Å². The summed E-state index contributed by atoms with van der Waals surface area (Å²) in [6.07, 6.45) is 5.22. The third kappa shape index (κ3) is 3.94. The molecule has 2 aromatic carbocycles. The van der Waals surface area contributed by atoms with Crippen LogP contribution in [0.4, 0.5) is 0 Å². The van der Waals surface area contributed by atoms with E-state index in [1.165, 1.54) is 30.3 Å². The minimum absolute atomic E-state index is 0.135. The van der Waals surface area contributed by atoms with Crippen molar-refractivity contribution < 1.29 is 8.42 Å². The van der Waals surface area contributed by atoms with Crippen LogP contribution in [-0.2, 0) is 22.8 Å². The number of hydrogen-bond donors (Lipinski definition) is 0. The summed E-state index contributed by atoms with van der Waals surface area (Å²) in [5.74, 6) is 0.135. The second-order valence-corrected chi connectivity index (χ2v) is 9.63. The van der Waals surface area contributed by atoms with Crippen LogP contribution in [0.2, 0.25) is 0 Å². The van der Waals surface area contributed by atoms with Gasteiger partial charge in [-0.1, -0.05) is 24.3 Å². The molecule has 1 saturated heterocycles. The van der Waals surface area contributed by atoms with Gasteiger partial charge in [-0.25, -0.2) is 8.42 Å². The molecule has 4 rings (SSSR count). The predicted molar refractivity (Wildman–Crippen MR) is 110 cm³/mol. The molecule has 1 atom stereocenters. The lowest BCUT2D eigenvalue weighted by atomic mass is 10.1. The van der Waals surface area contributed by atoms with Gasteiger partial charge in [-0.05, 0) is 74.1 Å². The molecule has 0 unspecified atom stereocenters. The third-order valence-electron chi connectivity index (χ3n) is 5.68. The first-order chi connectivity index (χ1) is 13.0. The molecule has 0 saturated carbocycles. The SMILES string of the molecule is CN1CCC[C@@H]1Cn1ccc2cc(CCS(=O)(=O)c3ccccc3)ccc21. The Hall–Kier alpha value is -2.11. The van der Waals surface area contributed by atoms with Gasteiger partial charge in [0.25, 0.3) is 0 Å². The molecule has 27 heavy (non-hydrogen) atoms. The summed E-state index contributed by atoms with van der Waals surface area (Å²) in [6.45, 7) is 2.20. The molecule has 0 amide bonds. The Morgan fingerprint density at radius 2 is 1.89 bits per heavy atom. The number of aryl methyl sites for hydroxylation is 1. The van der Waals surface area contributed by atoms with Gasteiger partial charge in [0.1, 0.15) is 0 Å². The van der Waals surface area contributed by atoms with Crippen molar-refractivity contribution in [2.45, 2.75) is 36.7 Å². The van der Waals surface area contributed by atoms with E-state index >= 15 is 0 Å². The number of sulfone groups is 1. The van der Waals surface area contributed by atoms with Crippen LogP contribution < -0.4 is 0 Å². The summed E-state index contributed by atoms with van der Waals surface area (Å²) in [4.78, 5) is 2.84. The first kappa shape index (κ1) is 18.3. The van der Waals surface area contributed by atoms with Crippen molar-refractivity contribution in [1.82, 2.24) is 9.47 Å². The van der Waals surface area contributed by atoms with Crippen LogP contribution in [0.25, 0.3) is 10.9 Å². The monoisotopic (exact) mass is 382 g/mol.